The van der Waals surface area contributed by atoms with Crippen LogP contribution >= 0.6 is 0 Å². The van der Waals surface area contributed by atoms with E-state index >= 15 is 0 Å². The zero-order valence-electron chi connectivity index (χ0n) is 20.2. The average molecular weight is 442 g/mol. The summed E-state index contributed by atoms with van der Waals surface area (Å²) in [5.74, 6) is 1.16. The van der Waals surface area contributed by atoms with Crippen LogP contribution in [0.15, 0.2) is 73.4 Å². The van der Waals surface area contributed by atoms with E-state index in [1.807, 2.05) is 30.5 Å². The van der Waals surface area contributed by atoms with Crippen LogP contribution in [0.1, 0.15) is 56.4 Å². The molecule has 3 aliphatic heterocycles. The first kappa shape index (κ1) is 22.3. The number of aliphatic hydroxyl groups is 1. The van der Waals surface area contributed by atoms with Crippen LogP contribution < -0.4 is 0 Å². The fourth-order valence-electron chi connectivity index (χ4n) is 6.44. The van der Waals surface area contributed by atoms with Crippen LogP contribution in [0.5, 0.6) is 0 Å². The van der Waals surface area contributed by atoms with Crippen molar-refractivity contribution < 1.29 is 9.59 Å². The van der Waals surface area contributed by atoms with Crippen molar-refractivity contribution in [1.82, 2.24) is 4.98 Å². The molecular weight excluding hydrogens is 404 g/mol. The predicted octanol–water partition coefficient (Wildman–Crippen LogP) is 6.18. The third-order valence-electron chi connectivity index (χ3n) is 8.36. The topological polar surface area (TPSA) is 33.1 Å². The lowest BCUT2D eigenvalue weighted by atomic mass is 9.71. The molecule has 3 saturated heterocycles. The first-order chi connectivity index (χ1) is 15.8. The van der Waals surface area contributed by atoms with Crippen molar-refractivity contribution >= 4 is 10.9 Å². The smallest absolute Gasteiger partial charge is 0.131 e. The Morgan fingerprint density at radius 1 is 1.12 bits per heavy atom. The number of piperidine rings is 3. The number of rotatable bonds is 5. The van der Waals surface area contributed by atoms with Gasteiger partial charge in [0.05, 0.1) is 18.6 Å². The lowest BCUT2D eigenvalue weighted by molar-refractivity contribution is -0.984. The van der Waals surface area contributed by atoms with Gasteiger partial charge in [-0.15, -0.1) is 6.58 Å². The second kappa shape index (κ2) is 8.38. The van der Waals surface area contributed by atoms with Crippen molar-refractivity contribution in [2.24, 2.45) is 11.8 Å². The van der Waals surface area contributed by atoms with Gasteiger partial charge in [-0.2, -0.15) is 0 Å². The molecule has 3 aromatic rings. The highest BCUT2D eigenvalue weighted by Crippen LogP contribution is 2.48. The number of pyridine rings is 1. The van der Waals surface area contributed by atoms with Gasteiger partial charge >= 0.3 is 0 Å². The Morgan fingerprint density at radius 3 is 2.61 bits per heavy atom. The number of benzene rings is 2. The molecule has 3 nitrogen and oxygen atoms in total. The number of fused-ring (bicyclic) bond motifs is 4. The fraction of sp³-hybridized carbons (Fsp3) is 0.433. The number of hydrogen-bond donors (Lipinski definition) is 1. The lowest BCUT2D eigenvalue weighted by Crippen LogP contribution is -2.67. The number of aromatic nitrogens is 1. The maximum Gasteiger partial charge on any atom is 0.131 e. The van der Waals surface area contributed by atoms with Gasteiger partial charge in [-0.1, -0.05) is 69.3 Å². The summed E-state index contributed by atoms with van der Waals surface area (Å²) < 4.78 is 0.944. The average Bonchev–Trinajstić information content (AvgIpc) is 2.83. The molecule has 4 heterocycles. The Balaban J connectivity index is 1.51. The monoisotopic (exact) mass is 441 g/mol. The standard InChI is InChI=1S/C30H37N2O/c1-5-22-20-32(19-21-10-12-24(13-11-21)30(2,3)4)17-15-23(22)18-28(32)29(33)26-14-16-31-27-9-7-6-8-25(26)27/h5-14,16,22-23,28-29,33H,1,15,17-20H2,2-4H3/q+1/t22?,23?,28?,29-,32?/m0/s1. The van der Waals surface area contributed by atoms with Crippen LogP contribution in [0.3, 0.4) is 0 Å². The first-order valence-electron chi connectivity index (χ1n) is 12.4. The number of quaternary nitrogens is 1. The van der Waals surface area contributed by atoms with Gasteiger partial charge in [-0.3, -0.25) is 4.98 Å². The number of aliphatic hydroxyl groups excluding tert-OH is 1. The molecule has 3 aliphatic rings. The van der Waals surface area contributed by atoms with Gasteiger partial charge < -0.3 is 9.59 Å². The van der Waals surface area contributed by atoms with E-state index in [1.54, 1.807) is 0 Å². The quantitative estimate of drug-likeness (QED) is 0.379. The molecule has 5 atom stereocenters. The molecule has 2 bridgehead atoms. The van der Waals surface area contributed by atoms with E-state index in [2.05, 4.69) is 68.7 Å². The molecule has 2 aromatic carbocycles. The molecule has 3 heteroatoms. The molecule has 4 unspecified atom stereocenters. The van der Waals surface area contributed by atoms with Gasteiger partial charge in [-0.25, -0.2) is 0 Å². The minimum atomic E-state index is -0.500. The lowest BCUT2D eigenvalue weighted by Gasteiger charge is -2.58. The second-order valence-electron chi connectivity index (χ2n) is 11.3. The normalized spacial score (nSPS) is 28.1. The molecule has 6 rings (SSSR count). The highest BCUT2D eigenvalue weighted by Gasteiger charge is 2.54. The Bertz CT molecular complexity index is 1140. The van der Waals surface area contributed by atoms with Gasteiger partial charge in [0.15, 0.2) is 0 Å². The van der Waals surface area contributed by atoms with E-state index in [9.17, 15) is 5.11 Å². The summed E-state index contributed by atoms with van der Waals surface area (Å²) in [7, 11) is 0. The summed E-state index contributed by atoms with van der Waals surface area (Å²) in [5, 5.41) is 12.9. The number of nitrogens with zero attached hydrogens (tertiary/aromatic N) is 2. The minimum absolute atomic E-state index is 0.156. The molecule has 0 amide bonds. The molecular formula is C30H37N2O+. The van der Waals surface area contributed by atoms with Crippen molar-refractivity contribution in [2.75, 3.05) is 13.1 Å². The Labute approximate surface area is 198 Å². The van der Waals surface area contributed by atoms with Crippen LogP contribution in [-0.4, -0.2) is 33.7 Å². The largest absolute Gasteiger partial charge is 0.382 e. The van der Waals surface area contributed by atoms with E-state index < -0.39 is 6.10 Å². The zero-order chi connectivity index (χ0) is 23.2. The maximum absolute atomic E-state index is 11.8. The molecule has 0 spiro atoms. The van der Waals surface area contributed by atoms with Gasteiger partial charge in [0, 0.05) is 35.9 Å². The molecule has 3 fully saturated rings. The number of hydrogen-bond acceptors (Lipinski definition) is 2. The van der Waals surface area contributed by atoms with Crippen LogP contribution in [0, 0.1) is 11.8 Å². The minimum Gasteiger partial charge on any atom is -0.382 e. The second-order valence-corrected chi connectivity index (χ2v) is 11.3. The fourth-order valence-corrected chi connectivity index (χ4v) is 6.44. The Hall–Kier alpha value is -2.49. The van der Waals surface area contributed by atoms with Crippen molar-refractivity contribution in [3.8, 4) is 0 Å². The van der Waals surface area contributed by atoms with Crippen LogP contribution in [-0.2, 0) is 12.0 Å². The van der Waals surface area contributed by atoms with Gasteiger partial charge in [-0.05, 0) is 34.6 Å². The third kappa shape index (κ3) is 4.02. The van der Waals surface area contributed by atoms with E-state index in [0.29, 0.717) is 11.8 Å². The highest BCUT2D eigenvalue weighted by molar-refractivity contribution is 5.82. The summed E-state index contributed by atoms with van der Waals surface area (Å²) in [6.45, 7) is 14.1. The predicted molar refractivity (Wildman–Crippen MR) is 136 cm³/mol. The zero-order valence-corrected chi connectivity index (χ0v) is 20.2. The molecule has 0 aliphatic carbocycles. The number of para-hydroxylation sites is 1. The SMILES string of the molecule is C=CC1C[N+]2(Cc3ccc(C(C)(C)C)cc3)CCC1CC2[C@@H](O)c1ccnc2ccccc12. The summed E-state index contributed by atoms with van der Waals surface area (Å²) in [4.78, 5) is 4.53. The van der Waals surface area contributed by atoms with E-state index in [-0.39, 0.29) is 11.5 Å². The molecule has 172 valence electrons. The van der Waals surface area contributed by atoms with Gasteiger partial charge in [0.1, 0.15) is 18.7 Å². The summed E-state index contributed by atoms with van der Waals surface area (Å²) in [6.07, 6.45) is 5.79. The summed E-state index contributed by atoms with van der Waals surface area (Å²) >= 11 is 0. The summed E-state index contributed by atoms with van der Waals surface area (Å²) in [5.41, 5.74) is 4.87. The van der Waals surface area contributed by atoms with Crippen LogP contribution in [0.25, 0.3) is 10.9 Å². The van der Waals surface area contributed by atoms with E-state index in [0.717, 1.165) is 47.0 Å². The van der Waals surface area contributed by atoms with E-state index in [1.165, 1.54) is 17.5 Å². The molecule has 0 saturated carbocycles. The van der Waals surface area contributed by atoms with Crippen LogP contribution in [0.4, 0.5) is 0 Å². The Kier molecular flexibility index (Phi) is 5.66. The highest BCUT2D eigenvalue weighted by atomic mass is 16.3. The molecule has 1 N–H and O–H groups in total. The van der Waals surface area contributed by atoms with Crippen molar-refractivity contribution in [2.45, 2.75) is 57.7 Å². The first-order valence-corrected chi connectivity index (χ1v) is 12.4. The van der Waals surface area contributed by atoms with Crippen molar-refractivity contribution in [1.29, 1.82) is 0 Å². The molecule has 0 radical (unpaired) electrons. The Morgan fingerprint density at radius 2 is 1.88 bits per heavy atom. The summed E-state index contributed by atoms with van der Waals surface area (Å²) in [6, 6.07) is 19.6. The van der Waals surface area contributed by atoms with Gasteiger partial charge in [0.2, 0.25) is 0 Å². The molecule has 33 heavy (non-hydrogen) atoms. The third-order valence-corrected chi connectivity index (χ3v) is 8.36. The van der Waals surface area contributed by atoms with Crippen molar-refractivity contribution in [3.63, 3.8) is 0 Å². The van der Waals surface area contributed by atoms with Crippen LogP contribution in [0.2, 0.25) is 0 Å². The van der Waals surface area contributed by atoms with Gasteiger partial charge in [0.25, 0.3) is 0 Å². The maximum atomic E-state index is 11.8. The van der Waals surface area contributed by atoms with Crippen molar-refractivity contribution in [3.05, 3.63) is 90.1 Å². The van der Waals surface area contributed by atoms with E-state index in [4.69, 9.17) is 0 Å². The molecule has 1 aromatic heterocycles.